The first-order valence-electron chi connectivity index (χ1n) is 7.37. The number of nitrogens with one attached hydrogen (secondary N) is 2. The number of nitrogens with two attached hydrogens (primary N) is 1. The van der Waals surface area contributed by atoms with E-state index in [1.165, 1.54) is 0 Å². The van der Waals surface area contributed by atoms with E-state index in [-0.39, 0.29) is 18.4 Å². The highest BCUT2D eigenvalue weighted by Crippen LogP contribution is 2.23. The Morgan fingerprint density at radius 2 is 1.90 bits per heavy atom. The fourth-order valence-corrected chi connectivity index (χ4v) is 1.79. The second-order valence-electron chi connectivity index (χ2n) is 5.37. The summed E-state index contributed by atoms with van der Waals surface area (Å²) in [4.78, 5) is 24.5. The summed E-state index contributed by atoms with van der Waals surface area (Å²) in [7, 11) is 0. The normalized spacial score (nSPS) is 13.3. The van der Waals surface area contributed by atoms with Crippen LogP contribution >= 0.6 is 0 Å². The van der Waals surface area contributed by atoms with Crippen molar-refractivity contribution in [1.82, 2.24) is 5.32 Å². The van der Waals surface area contributed by atoms with E-state index in [1.54, 1.807) is 24.3 Å². The molecule has 1 atom stereocenters. The van der Waals surface area contributed by atoms with Gasteiger partial charge in [0.25, 0.3) is 5.91 Å². The lowest BCUT2D eigenvalue weighted by Gasteiger charge is -2.25. The molecule has 2 amide bonds. The number of carbonyl (C=O) groups excluding carboxylic acids is 2. The van der Waals surface area contributed by atoms with Crippen LogP contribution in [0.25, 0.3) is 0 Å². The standard InChI is InChI=1S/C16H25N3O2/c1-4-10-18-14(20)12-8-6-7-9-13(12)19-15(21)16(3,5-2)11-17/h6-9H,4-5,10-11,17H2,1-3H3,(H,18,20)(H,19,21). The minimum Gasteiger partial charge on any atom is -0.352 e. The average Bonchev–Trinajstić information content (AvgIpc) is 2.52. The van der Waals surface area contributed by atoms with Crippen molar-refractivity contribution in [2.45, 2.75) is 33.6 Å². The van der Waals surface area contributed by atoms with Gasteiger partial charge in [0.2, 0.25) is 5.91 Å². The molecule has 1 rings (SSSR count). The quantitative estimate of drug-likeness (QED) is 0.719. The Balaban J connectivity index is 2.94. The van der Waals surface area contributed by atoms with Crippen molar-refractivity contribution in [1.29, 1.82) is 0 Å². The van der Waals surface area contributed by atoms with Gasteiger partial charge >= 0.3 is 0 Å². The highest BCUT2D eigenvalue weighted by atomic mass is 16.2. The highest BCUT2D eigenvalue weighted by Gasteiger charge is 2.30. The van der Waals surface area contributed by atoms with Gasteiger partial charge < -0.3 is 16.4 Å². The number of benzene rings is 1. The van der Waals surface area contributed by atoms with E-state index in [9.17, 15) is 9.59 Å². The zero-order chi connectivity index (χ0) is 15.9. The van der Waals surface area contributed by atoms with E-state index in [2.05, 4.69) is 10.6 Å². The molecule has 0 aliphatic heterocycles. The summed E-state index contributed by atoms with van der Waals surface area (Å²) in [5, 5.41) is 5.64. The van der Waals surface area contributed by atoms with Crippen LogP contribution in [0.15, 0.2) is 24.3 Å². The van der Waals surface area contributed by atoms with E-state index < -0.39 is 5.41 Å². The molecule has 1 unspecified atom stereocenters. The Labute approximate surface area is 126 Å². The second-order valence-corrected chi connectivity index (χ2v) is 5.37. The van der Waals surface area contributed by atoms with Gasteiger partial charge in [0.05, 0.1) is 16.7 Å². The Bertz CT molecular complexity index is 496. The number of hydrogen-bond acceptors (Lipinski definition) is 3. The summed E-state index contributed by atoms with van der Waals surface area (Å²) in [5.74, 6) is -0.345. The Morgan fingerprint density at radius 1 is 1.24 bits per heavy atom. The lowest BCUT2D eigenvalue weighted by Crippen LogP contribution is -2.39. The Kier molecular flexibility index (Phi) is 6.37. The predicted molar refractivity (Wildman–Crippen MR) is 85.1 cm³/mol. The van der Waals surface area contributed by atoms with Crippen LogP contribution in [0, 0.1) is 5.41 Å². The molecule has 116 valence electrons. The summed E-state index contributed by atoms with van der Waals surface area (Å²) in [6, 6.07) is 6.99. The molecule has 0 spiro atoms. The van der Waals surface area contributed by atoms with Gasteiger partial charge in [0.1, 0.15) is 0 Å². The molecule has 0 aliphatic rings. The fraction of sp³-hybridized carbons (Fsp3) is 0.500. The van der Waals surface area contributed by atoms with Crippen molar-refractivity contribution in [3.8, 4) is 0 Å². The van der Waals surface area contributed by atoms with Crippen LogP contribution in [-0.2, 0) is 4.79 Å². The van der Waals surface area contributed by atoms with Gasteiger partial charge in [0.15, 0.2) is 0 Å². The van der Waals surface area contributed by atoms with Crippen LogP contribution in [0.4, 0.5) is 5.69 Å². The average molecular weight is 291 g/mol. The van der Waals surface area contributed by atoms with Crippen LogP contribution in [0.5, 0.6) is 0 Å². The molecular formula is C16H25N3O2. The van der Waals surface area contributed by atoms with E-state index in [0.717, 1.165) is 6.42 Å². The lowest BCUT2D eigenvalue weighted by molar-refractivity contribution is -0.124. The van der Waals surface area contributed by atoms with Gasteiger partial charge in [-0.05, 0) is 31.9 Å². The van der Waals surface area contributed by atoms with E-state index in [0.29, 0.717) is 24.2 Å². The number of anilines is 1. The van der Waals surface area contributed by atoms with Crippen LogP contribution < -0.4 is 16.4 Å². The molecule has 0 aliphatic carbocycles. The van der Waals surface area contributed by atoms with Crippen molar-refractivity contribution in [3.63, 3.8) is 0 Å². The van der Waals surface area contributed by atoms with Gasteiger partial charge in [-0.2, -0.15) is 0 Å². The molecule has 0 saturated carbocycles. The van der Waals surface area contributed by atoms with E-state index >= 15 is 0 Å². The summed E-state index contributed by atoms with van der Waals surface area (Å²) in [6.45, 7) is 6.60. The SMILES string of the molecule is CCCNC(=O)c1ccccc1NC(=O)C(C)(CC)CN. The summed E-state index contributed by atoms with van der Waals surface area (Å²) in [5.41, 5.74) is 6.05. The van der Waals surface area contributed by atoms with Gasteiger partial charge in [0, 0.05) is 13.1 Å². The molecular weight excluding hydrogens is 266 g/mol. The zero-order valence-corrected chi connectivity index (χ0v) is 13.0. The molecule has 0 aromatic heterocycles. The smallest absolute Gasteiger partial charge is 0.253 e. The maximum atomic E-state index is 12.4. The molecule has 1 aromatic rings. The third-order valence-corrected chi connectivity index (χ3v) is 3.73. The largest absolute Gasteiger partial charge is 0.352 e. The topological polar surface area (TPSA) is 84.2 Å². The highest BCUT2D eigenvalue weighted by molar-refractivity contribution is 6.04. The van der Waals surface area contributed by atoms with Crippen molar-refractivity contribution < 1.29 is 9.59 Å². The first kappa shape index (κ1) is 17.2. The first-order valence-corrected chi connectivity index (χ1v) is 7.37. The monoisotopic (exact) mass is 291 g/mol. The summed E-state index contributed by atoms with van der Waals surface area (Å²) < 4.78 is 0. The zero-order valence-electron chi connectivity index (χ0n) is 13.0. The summed E-state index contributed by atoms with van der Waals surface area (Å²) >= 11 is 0. The van der Waals surface area contributed by atoms with Crippen LogP contribution in [0.2, 0.25) is 0 Å². The number of carbonyl (C=O) groups is 2. The van der Waals surface area contributed by atoms with Gasteiger partial charge in [-0.3, -0.25) is 9.59 Å². The van der Waals surface area contributed by atoms with E-state index in [4.69, 9.17) is 5.73 Å². The molecule has 1 aromatic carbocycles. The molecule has 0 radical (unpaired) electrons. The third-order valence-electron chi connectivity index (χ3n) is 3.73. The molecule has 5 heteroatoms. The molecule has 0 fully saturated rings. The van der Waals surface area contributed by atoms with Crippen LogP contribution in [0.3, 0.4) is 0 Å². The number of amides is 2. The minimum absolute atomic E-state index is 0.164. The van der Waals surface area contributed by atoms with Crippen molar-refractivity contribution in [2.75, 3.05) is 18.4 Å². The van der Waals surface area contributed by atoms with Crippen molar-refractivity contribution in [3.05, 3.63) is 29.8 Å². The lowest BCUT2D eigenvalue weighted by atomic mass is 9.86. The van der Waals surface area contributed by atoms with Crippen LogP contribution in [0.1, 0.15) is 44.0 Å². The summed E-state index contributed by atoms with van der Waals surface area (Å²) in [6.07, 6.45) is 1.50. The Morgan fingerprint density at radius 3 is 2.48 bits per heavy atom. The minimum atomic E-state index is -0.632. The predicted octanol–water partition coefficient (Wildman–Crippen LogP) is 2.14. The van der Waals surface area contributed by atoms with Crippen molar-refractivity contribution in [2.24, 2.45) is 11.1 Å². The number of rotatable bonds is 7. The molecule has 4 N–H and O–H groups in total. The molecule has 5 nitrogen and oxygen atoms in total. The molecule has 0 bridgehead atoms. The van der Waals surface area contributed by atoms with E-state index in [1.807, 2.05) is 20.8 Å². The maximum Gasteiger partial charge on any atom is 0.253 e. The fourth-order valence-electron chi connectivity index (χ4n) is 1.79. The maximum absolute atomic E-state index is 12.4. The van der Waals surface area contributed by atoms with Gasteiger partial charge in [-0.15, -0.1) is 0 Å². The van der Waals surface area contributed by atoms with Crippen LogP contribution in [-0.4, -0.2) is 24.9 Å². The Hall–Kier alpha value is -1.88. The van der Waals surface area contributed by atoms with Gasteiger partial charge in [-0.25, -0.2) is 0 Å². The van der Waals surface area contributed by atoms with Crippen molar-refractivity contribution >= 4 is 17.5 Å². The first-order chi connectivity index (χ1) is 9.98. The second kappa shape index (κ2) is 7.78. The third kappa shape index (κ3) is 4.29. The van der Waals surface area contributed by atoms with Gasteiger partial charge in [-0.1, -0.05) is 26.0 Å². The number of hydrogen-bond donors (Lipinski definition) is 3. The molecule has 0 heterocycles. The number of para-hydroxylation sites is 1. The molecule has 0 saturated heterocycles. The molecule has 21 heavy (non-hydrogen) atoms.